The van der Waals surface area contributed by atoms with Crippen molar-refractivity contribution < 1.29 is 18.3 Å². The third kappa shape index (κ3) is 3.05. The molecular formula is C18H17NO4S. The van der Waals surface area contributed by atoms with E-state index in [1.165, 1.54) is 12.1 Å². The number of para-hydroxylation sites is 1. The van der Waals surface area contributed by atoms with Gasteiger partial charge in [0.15, 0.2) is 9.84 Å². The van der Waals surface area contributed by atoms with Crippen molar-refractivity contribution in [2.45, 2.75) is 11.3 Å². The first-order valence-electron chi connectivity index (χ1n) is 7.48. The summed E-state index contributed by atoms with van der Waals surface area (Å²) < 4.78 is 26.3. The summed E-state index contributed by atoms with van der Waals surface area (Å²) in [6.45, 7) is 0. The zero-order valence-corrected chi connectivity index (χ0v) is 14.0. The molecule has 0 unspecified atom stereocenters. The maximum Gasteiger partial charge on any atom is 0.304 e. The molecule has 24 heavy (non-hydrogen) atoms. The number of hydrogen-bond acceptors (Lipinski definition) is 3. The van der Waals surface area contributed by atoms with Gasteiger partial charge in [0.25, 0.3) is 0 Å². The summed E-state index contributed by atoms with van der Waals surface area (Å²) in [5, 5.41) is 9.77. The summed E-state index contributed by atoms with van der Waals surface area (Å²) in [5.74, 6) is -1.51. The molecule has 0 saturated carbocycles. The van der Waals surface area contributed by atoms with Gasteiger partial charge in [0.2, 0.25) is 0 Å². The number of aliphatic carboxylic acids is 1. The Balaban J connectivity index is 1.94. The Hall–Kier alpha value is -2.60. The third-order valence-corrected chi connectivity index (χ3v) is 5.78. The van der Waals surface area contributed by atoms with Gasteiger partial charge in [-0.2, -0.15) is 0 Å². The van der Waals surface area contributed by atoms with Crippen LogP contribution in [0, 0.1) is 0 Å². The molecule has 1 aromatic heterocycles. The number of fused-ring (bicyclic) bond motifs is 1. The number of carboxylic acid groups (broad SMARTS) is 1. The van der Waals surface area contributed by atoms with E-state index in [-0.39, 0.29) is 4.90 Å². The molecule has 0 spiro atoms. The second kappa shape index (κ2) is 6.13. The van der Waals surface area contributed by atoms with E-state index in [2.05, 4.69) is 10.6 Å². The molecule has 0 radical (unpaired) electrons. The lowest BCUT2D eigenvalue weighted by atomic mass is 10.1. The minimum atomic E-state index is -3.58. The van der Waals surface area contributed by atoms with Crippen molar-refractivity contribution in [1.82, 2.24) is 4.57 Å². The number of aryl methyl sites for hydroxylation is 1. The fourth-order valence-corrected chi connectivity index (χ4v) is 3.97. The van der Waals surface area contributed by atoms with Crippen molar-refractivity contribution in [3.8, 4) is 11.3 Å². The number of rotatable bonds is 5. The molecule has 2 aromatic carbocycles. The van der Waals surface area contributed by atoms with Gasteiger partial charge in [-0.3, -0.25) is 4.79 Å². The Labute approximate surface area is 140 Å². The Morgan fingerprint density at radius 3 is 2.38 bits per heavy atom. The lowest BCUT2D eigenvalue weighted by Gasteiger charge is -2.07. The fraction of sp³-hybridized carbons (Fsp3) is 0.167. The number of nitrogens with zero attached hydrogens (tertiary/aromatic N) is 1. The Morgan fingerprint density at radius 1 is 1.08 bits per heavy atom. The van der Waals surface area contributed by atoms with Gasteiger partial charge in [-0.1, -0.05) is 30.3 Å². The Bertz CT molecular complexity index is 1000. The molecule has 0 aliphatic heterocycles. The van der Waals surface area contributed by atoms with Crippen molar-refractivity contribution in [3.05, 3.63) is 54.6 Å². The van der Waals surface area contributed by atoms with E-state index in [1.54, 1.807) is 12.1 Å². The predicted molar refractivity (Wildman–Crippen MR) is 92.7 cm³/mol. The highest BCUT2D eigenvalue weighted by Gasteiger charge is 2.16. The second-order valence-electron chi connectivity index (χ2n) is 5.63. The summed E-state index contributed by atoms with van der Waals surface area (Å²) in [5.41, 5.74) is 3.00. The number of carbonyl (C=O) groups is 1. The van der Waals surface area contributed by atoms with Gasteiger partial charge in [-0.05, 0) is 29.8 Å². The highest BCUT2D eigenvalue weighted by atomic mass is 32.2. The van der Waals surface area contributed by atoms with Crippen molar-refractivity contribution in [2.75, 3.05) is 5.75 Å². The van der Waals surface area contributed by atoms with Crippen LogP contribution < -0.4 is 0 Å². The van der Waals surface area contributed by atoms with Crippen molar-refractivity contribution >= 4 is 26.7 Å². The average Bonchev–Trinajstić information content (AvgIpc) is 2.91. The molecule has 6 heteroatoms. The second-order valence-corrected chi connectivity index (χ2v) is 7.74. The molecule has 0 fully saturated rings. The van der Waals surface area contributed by atoms with E-state index >= 15 is 0 Å². The normalized spacial score (nSPS) is 11.7. The van der Waals surface area contributed by atoms with Gasteiger partial charge in [-0.15, -0.1) is 0 Å². The summed E-state index contributed by atoms with van der Waals surface area (Å²) in [7, 11) is -1.61. The first-order chi connectivity index (χ1) is 11.4. The topological polar surface area (TPSA) is 76.4 Å². The first kappa shape index (κ1) is 16.3. The number of hydrogen-bond donors (Lipinski definition) is 1. The smallest absolute Gasteiger partial charge is 0.304 e. The molecule has 0 aliphatic rings. The number of aromatic nitrogens is 1. The van der Waals surface area contributed by atoms with E-state index < -0.39 is 28.0 Å². The van der Waals surface area contributed by atoms with Crippen molar-refractivity contribution in [2.24, 2.45) is 7.05 Å². The van der Waals surface area contributed by atoms with Crippen LogP contribution >= 0.6 is 0 Å². The minimum Gasteiger partial charge on any atom is -0.481 e. The van der Waals surface area contributed by atoms with E-state index in [1.807, 2.05) is 31.3 Å². The molecule has 0 bridgehead atoms. The molecule has 5 nitrogen and oxygen atoms in total. The van der Waals surface area contributed by atoms with Gasteiger partial charge in [0.1, 0.15) is 0 Å². The number of benzene rings is 2. The molecule has 0 aliphatic carbocycles. The molecule has 3 rings (SSSR count). The van der Waals surface area contributed by atoms with Gasteiger partial charge in [0.05, 0.1) is 17.1 Å². The van der Waals surface area contributed by atoms with E-state index in [0.29, 0.717) is 0 Å². The predicted octanol–water partition coefficient (Wildman–Crippen LogP) is 3.09. The minimum absolute atomic E-state index is 0.145. The number of carboxylic acids is 1. The van der Waals surface area contributed by atoms with Crippen LogP contribution in [0.5, 0.6) is 0 Å². The quantitative estimate of drug-likeness (QED) is 0.772. The highest BCUT2D eigenvalue weighted by molar-refractivity contribution is 7.91. The van der Waals surface area contributed by atoms with Gasteiger partial charge >= 0.3 is 5.97 Å². The molecular weight excluding hydrogens is 326 g/mol. The summed E-state index contributed by atoms with van der Waals surface area (Å²) in [6, 6.07) is 16.6. The van der Waals surface area contributed by atoms with Crippen LogP contribution in [0.25, 0.3) is 22.2 Å². The molecule has 0 amide bonds. The third-order valence-electron chi connectivity index (χ3n) is 4.05. The van der Waals surface area contributed by atoms with Crippen LogP contribution in [-0.4, -0.2) is 29.8 Å². The Kier molecular flexibility index (Phi) is 4.15. The summed E-state index contributed by atoms with van der Waals surface area (Å²) in [4.78, 5) is 10.7. The molecule has 1 N–H and O–H groups in total. The van der Waals surface area contributed by atoms with Crippen LogP contribution in [0.1, 0.15) is 6.42 Å². The lowest BCUT2D eigenvalue weighted by molar-refractivity contribution is -0.136. The van der Waals surface area contributed by atoms with Crippen LogP contribution in [0.3, 0.4) is 0 Å². The maximum absolute atomic E-state index is 12.1. The zero-order chi connectivity index (χ0) is 17.3. The molecule has 0 saturated heterocycles. The summed E-state index contributed by atoms with van der Waals surface area (Å²) in [6.07, 6.45) is -0.396. The molecule has 124 valence electrons. The van der Waals surface area contributed by atoms with Crippen LogP contribution in [0.2, 0.25) is 0 Å². The van der Waals surface area contributed by atoms with Crippen molar-refractivity contribution in [1.29, 1.82) is 0 Å². The number of sulfone groups is 1. The van der Waals surface area contributed by atoms with E-state index in [4.69, 9.17) is 5.11 Å². The largest absolute Gasteiger partial charge is 0.481 e. The lowest BCUT2D eigenvalue weighted by Crippen LogP contribution is -2.10. The van der Waals surface area contributed by atoms with Gasteiger partial charge < -0.3 is 9.67 Å². The monoisotopic (exact) mass is 343 g/mol. The van der Waals surface area contributed by atoms with Crippen LogP contribution in [0.15, 0.2) is 59.5 Å². The first-order valence-corrected chi connectivity index (χ1v) is 9.13. The SMILES string of the molecule is Cn1c(-c2ccc(S(=O)(=O)CCC(=O)O)cc2)cc2ccccc21. The maximum atomic E-state index is 12.1. The van der Waals surface area contributed by atoms with Gasteiger partial charge in [0, 0.05) is 23.6 Å². The highest BCUT2D eigenvalue weighted by Crippen LogP contribution is 2.28. The average molecular weight is 343 g/mol. The van der Waals surface area contributed by atoms with Gasteiger partial charge in [-0.25, -0.2) is 8.42 Å². The van der Waals surface area contributed by atoms with Crippen LogP contribution in [0.4, 0.5) is 0 Å². The fourth-order valence-electron chi connectivity index (χ4n) is 2.74. The van der Waals surface area contributed by atoms with E-state index in [9.17, 15) is 13.2 Å². The van der Waals surface area contributed by atoms with Crippen molar-refractivity contribution in [3.63, 3.8) is 0 Å². The van der Waals surface area contributed by atoms with Crippen LogP contribution in [-0.2, 0) is 21.7 Å². The zero-order valence-electron chi connectivity index (χ0n) is 13.1. The molecule has 3 aromatic rings. The standard InChI is InChI=1S/C18H17NO4S/c1-19-16-5-3-2-4-14(16)12-17(19)13-6-8-15(9-7-13)24(22,23)11-10-18(20)21/h2-9,12H,10-11H2,1H3,(H,20,21). The molecule has 1 heterocycles. The summed E-state index contributed by atoms with van der Waals surface area (Å²) >= 11 is 0. The molecule has 0 atom stereocenters. The Morgan fingerprint density at radius 2 is 1.75 bits per heavy atom. The van der Waals surface area contributed by atoms with E-state index in [0.717, 1.165) is 22.2 Å².